The predicted octanol–water partition coefficient (Wildman–Crippen LogP) is 5.00. The summed E-state index contributed by atoms with van der Waals surface area (Å²) in [6, 6.07) is 18.3. The molecule has 0 spiro atoms. The molecule has 0 saturated carbocycles. The van der Waals surface area contributed by atoms with Crippen LogP contribution in [0.2, 0.25) is 5.02 Å². The second kappa shape index (κ2) is 8.90. The van der Waals surface area contributed by atoms with Gasteiger partial charge in [-0.25, -0.2) is 8.42 Å². The Hall–Kier alpha value is -2.94. The smallest absolute Gasteiger partial charge is 0.279 e. The molecule has 1 aromatic heterocycles. The number of aromatic nitrogens is 1. The van der Waals surface area contributed by atoms with Gasteiger partial charge in [0.15, 0.2) is 4.80 Å². The Morgan fingerprint density at radius 1 is 1.06 bits per heavy atom. The van der Waals surface area contributed by atoms with Gasteiger partial charge in [0.2, 0.25) is 0 Å². The van der Waals surface area contributed by atoms with Gasteiger partial charge >= 0.3 is 0 Å². The fraction of sp³-hybridized carbons (Fsp3) is 0.130. The van der Waals surface area contributed by atoms with Crippen LogP contribution in [-0.2, 0) is 23.5 Å². The molecule has 4 rings (SSSR count). The van der Waals surface area contributed by atoms with Gasteiger partial charge in [-0.1, -0.05) is 35.9 Å². The molecule has 1 amide bonds. The maximum Gasteiger partial charge on any atom is 0.279 e. The first kappa shape index (κ1) is 22.3. The van der Waals surface area contributed by atoms with Crippen molar-refractivity contribution in [1.82, 2.24) is 4.57 Å². The molecule has 0 bridgehead atoms. The number of amides is 1. The number of hydrogen-bond acceptors (Lipinski definition) is 4. The number of nitrogens with one attached hydrogen (secondary N) is 1. The van der Waals surface area contributed by atoms with Crippen LogP contribution < -0.4 is 9.52 Å². The van der Waals surface area contributed by atoms with Gasteiger partial charge in [0.1, 0.15) is 0 Å². The molecule has 0 radical (unpaired) electrons. The molecule has 0 saturated heterocycles. The molecule has 32 heavy (non-hydrogen) atoms. The van der Waals surface area contributed by atoms with E-state index in [0.29, 0.717) is 21.1 Å². The van der Waals surface area contributed by atoms with Crippen molar-refractivity contribution >= 4 is 54.8 Å². The number of halogens is 1. The molecule has 0 unspecified atom stereocenters. The molecule has 164 valence electrons. The van der Waals surface area contributed by atoms with E-state index in [0.717, 1.165) is 16.6 Å². The number of rotatable bonds is 5. The Morgan fingerprint density at radius 2 is 1.75 bits per heavy atom. The average Bonchev–Trinajstić information content (AvgIpc) is 3.08. The highest BCUT2D eigenvalue weighted by Crippen LogP contribution is 2.20. The quantitative estimate of drug-likeness (QED) is 0.432. The number of thiazole rings is 1. The molecule has 9 heteroatoms. The number of carbonyl (C=O) groups is 1. The number of hydrogen-bond donors (Lipinski definition) is 1. The van der Waals surface area contributed by atoms with Gasteiger partial charge in [-0.05, 0) is 72.6 Å². The Balaban J connectivity index is 1.56. The van der Waals surface area contributed by atoms with Crippen LogP contribution in [0.1, 0.15) is 22.8 Å². The van der Waals surface area contributed by atoms with E-state index in [4.69, 9.17) is 11.6 Å². The first-order chi connectivity index (χ1) is 15.3. The van der Waals surface area contributed by atoms with Crippen molar-refractivity contribution in [3.8, 4) is 0 Å². The minimum absolute atomic E-state index is 0.0977. The standard InChI is InChI=1S/C23H20ClN3O3S2/c1-3-15-4-13-20-21(14-15)31-23(27(20)2)25-22(28)16-5-9-18(10-6-16)26-32(29,30)19-11-7-17(24)8-12-19/h4-14,26H,3H2,1-2H3. The molecule has 0 atom stereocenters. The predicted molar refractivity (Wildman–Crippen MR) is 129 cm³/mol. The third-order valence-corrected chi connectivity index (χ3v) is 7.73. The second-order valence-corrected chi connectivity index (χ2v) is 10.3. The molecule has 1 N–H and O–H groups in total. The Labute approximate surface area is 194 Å². The van der Waals surface area contributed by atoms with Gasteiger partial charge in [-0.15, -0.1) is 0 Å². The fourth-order valence-corrected chi connectivity index (χ4v) is 5.43. The maximum absolute atomic E-state index is 12.7. The molecule has 0 aliphatic heterocycles. The van der Waals surface area contributed by atoms with E-state index >= 15 is 0 Å². The van der Waals surface area contributed by atoms with E-state index in [1.807, 2.05) is 17.7 Å². The molecule has 0 aliphatic carbocycles. The van der Waals surface area contributed by atoms with Gasteiger partial charge in [-0.2, -0.15) is 4.99 Å². The lowest BCUT2D eigenvalue weighted by atomic mass is 10.2. The van der Waals surface area contributed by atoms with E-state index in [1.165, 1.54) is 53.3 Å². The van der Waals surface area contributed by atoms with Crippen LogP contribution in [0.4, 0.5) is 5.69 Å². The number of fused-ring (bicyclic) bond motifs is 1. The largest absolute Gasteiger partial charge is 0.319 e. The van der Waals surface area contributed by atoms with Crippen LogP contribution in [0, 0.1) is 0 Å². The molecular weight excluding hydrogens is 466 g/mol. The number of benzene rings is 3. The zero-order valence-electron chi connectivity index (χ0n) is 17.4. The lowest BCUT2D eigenvalue weighted by Gasteiger charge is -2.08. The lowest BCUT2D eigenvalue weighted by molar-refractivity contribution is 0.0998. The molecule has 1 heterocycles. The maximum atomic E-state index is 12.7. The van der Waals surface area contributed by atoms with Crippen molar-refractivity contribution in [2.75, 3.05) is 4.72 Å². The number of sulfonamides is 1. The van der Waals surface area contributed by atoms with E-state index in [2.05, 4.69) is 28.8 Å². The SMILES string of the molecule is CCc1ccc2c(c1)sc(=NC(=O)c1ccc(NS(=O)(=O)c3ccc(Cl)cc3)cc1)n2C. The van der Waals surface area contributed by atoms with Crippen LogP contribution >= 0.6 is 22.9 Å². The van der Waals surface area contributed by atoms with Crippen LogP contribution in [0.15, 0.2) is 76.6 Å². The average molecular weight is 486 g/mol. The highest BCUT2D eigenvalue weighted by Gasteiger charge is 2.14. The van der Waals surface area contributed by atoms with E-state index in [1.54, 1.807) is 12.1 Å². The number of carbonyl (C=O) groups excluding carboxylic acids is 1. The summed E-state index contributed by atoms with van der Waals surface area (Å²) in [5.41, 5.74) is 2.96. The molecule has 4 aromatic rings. The zero-order chi connectivity index (χ0) is 22.9. The number of aryl methyl sites for hydroxylation is 2. The molecule has 3 aromatic carbocycles. The summed E-state index contributed by atoms with van der Waals surface area (Å²) in [5, 5.41) is 0.452. The normalized spacial score (nSPS) is 12.3. The summed E-state index contributed by atoms with van der Waals surface area (Å²) in [6.45, 7) is 2.10. The molecular formula is C23H20ClN3O3S2. The van der Waals surface area contributed by atoms with Crippen LogP contribution in [0.5, 0.6) is 0 Å². The Bertz CT molecular complexity index is 1470. The fourth-order valence-electron chi connectivity index (χ4n) is 3.17. The summed E-state index contributed by atoms with van der Waals surface area (Å²) in [7, 11) is -1.88. The van der Waals surface area contributed by atoms with Gasteiger partial charge in [0.25, 0.3) is 15.9 Å². The van der Waals surface area contributed by atoms with E-state index < -0.39 is 15.9 Å². The summed E-state index contributed by atoms with van der Waals surface area (Å²) < 4.78 is 30.5. The van der Waals surface area contributed by atoms with Crippen molar-refractivity contribution in [3.05, 3.63) is 87.7 Å². The molecule has 0 aliphatic rings. The van der Waals surface area contributed by atoms with Crippen molar-refractivity contribution < 1.29 is 13.2 Å². The van der Waals surface area contributed by atoms with Crippen molar-refractivity contribution in [2.24, 2.45) is 12.0 Å². The van der Waals surface area contributed by atoms with E-state index in [-0.39, 0.29) is 4.90 Å². The van der Waals surface area contributed by atoms with Gasteiger partial charge in [0.05, 0.1) is 15.1 Å². The number of nitrogens with zero attached hydrogens (tertiary/aromatic N) is 2. The lowest BCUT2D eigenvalue weighted by Crippen LogP contribution is -2.14. The summed E-state index contributed by atoms with van der Waals surface area (Å²) >= 11 is 7.28. The zero-order valence-corrected chi connectivity index (χ0v) is 19.8. The van der Waals surface area contributed by atoms with Crippen molar-refractivity contribution in [2.45, 2.75) is 18.2 Å². The minimum atomic E-state index is -3.76. The monoisotopic (exact) mass is 485 g/mol. The summed E-state index contributed by atoms with van der Waals surface area (Å²) in [6.07, 6.45) is 0.942. The number of anilines is 1. The third kappa shape index (κ3) is 4.62. The third-order valence-electron chi connectivity index (χ3n) is 4.99. The Morgan fingerprint density at radius 3 is 2.41 bits per heavy atom. The van der Waals surface area contributed by atoms with Gasteiger partial charge in [-0.3, -0.25) is 9.52 Å². The highest BCUT2D eigenvalue weighted by molar-refractivity contribution is 7.92. The highest BCUT2D eigenvalue weighted by atomic mass is 35.5. The first-order valence-electron chi connectivity index (χ1n) is 9.83. The molecule has 6 nitrogen and oxygen atoms in total. The van der Waals surface area contributed by atoms with Gasteiger partial charge in [0, 0.05) is 23.3 Å². The van der Waals surface area contributed by atoms with Crippen LogP contribution in [0.25, 0.3) is 10.2 Å². The topological polar surface area (TPSA) is 80.5 Å². The van der Waals surface area contributed by atoms with Crippen LogP contribution in [0.3, 0.4) is 0 Å². The summed E-state index contributed by atoms with van der Waals surface area (Å²) in [4.78, 5) is 17.7. The van der Waals surface area contributed by atoms with Crippen molar-refractivity contribution in [1.29, 1.82) is 0 Å². The van der Waals surface area contributed by atoms with Crippen molar-refractivity contribution in [3.63, 3.8) is 0 Å². The Kier molecular flexibility index (Phi) is 6.19. The van der Waals surface area contributed by atoms with Crippen LogP contribution in [-0.4, -0.2) is 18.9 Å². The van der Waals surface area contributed by atoms with E-state index in [9.17, 15) is 13.2 Å². The minimum Gasteiger partial charge on any atom is -0.319 e. The molecule has 0 fully saturated rings. The second-order valence-electron chi connectivity index (χ2n) is 7.15. The van der Waals surface area contributed by atoms with Gasteiger partial charge < -0.3 is 4.57 Å². The summed E-state index contributed by atoms with van der Waals surface area (Å²) in [5.74, 6) is -0.394. The first-order valence-corrected chi connectivity index (χ1v) is 12.5.